The lowest BCUT2D eigenvalue weighted by molar-refractivity contribution is -0.174. The Kier molecular flexibility index (Phi) is 6.52. The zero-order valence-electron chi connectivity index (χ0n) is 10.1. The summed E-state index contributed by atoms with van der Waals surface area (Å²) in [6, 6.07) is 0. The molecule has 0 spiro atoms. The maximum atomic E-state index is 11.6. The van der Waals surface area contributed by atoms with Crippen LogP contribution >= 0.6 is 0 Å². The normalized spacial score (nSPS) is 16.9. The highest BCUT2D eigenvalue weighted by molar-refractivity contribution is 5.79. The van der Waals surface area contributed by atoms with Crippen molar-refractivity contribution < 1.29 is 19.4 Å². The van der Waals surface area contributed by atoms with Crippen molar-refractivity contribution >= 4 is 5.97 Å². The minimum atomic E-state index is -1.42. The fraction of sp³-hybridized carbons (Fsp3) is 0.909. The minimum absolute atomic E-state index is 0.216. The smallest absolute Gasteiger partial charge is 0.338 e. The Morgan fingerprint density at radius 1 is 1.40 bits per heavy atom. The van der Waals surface area contributed by atoms with Crippen molar-refractivity contribution in [2.75, 3.05) is 20.3 Å². The second-order valence-electron chi connectivity index (χ2n) is 3.56. The van der Waals surface area contributed by atoms with Crippen LogP contribution in [-0.4, -0.2) is 37.0 Å². The molecule has 0 amide bonds. The molecule has 2 unspecified atom stereocenters. The van der Waals surface area contributed by atoms with Gasteiger partial charge in [0.05, 0.1) is 13.2 Å². The number of carbonyl (C=O) groups is 1. The number of rotatable bonds is 7. The molecule has 0 aromatic heterocycles. The van der Waals surface area contributed by atoms with E-state index in [1.165, 1.54) is 0 Å². The molecule has 0 saturated carbocycles. The van der Waals surface area contributed by atoms with Gasteiger partial charge in [0.15, 0.2) is 5.60 Å². The maximum Gasteiger partial charge on any atom is 0.338 e. The van der Waals surface area contributed by atoms with Gasteiger partial charge in [-0.25, -0.2) is 4.79 Å². The molecule has 0 bridgehead atoms. The zero-order chi connectivity index (χ0) is 11.9. The first-order valence-electron chi connectivity index (χ1n) is 5.45. The second kappa shape index (κ2) is 6.80. The first-order valence-corrected chi connectivity index (χ1v) is 5.45. The van der Waals surface area contributed by atoms with Crippen molar-refractivity contribution in [2.24, 2.45) is 5.92 Å². The second-order valence-corrected chi connectivity index (χ2v) is 3.56. The first kappa shape index (κ1) is 14.4. The predicted molar refractivity (Wildman–Crippen MR) is 57.5 cm³/mol. The lowest BCUT2D eigenvalue weighted by atomic mass is 9.83. The van der Waals surface area contributed by atoms with Gasteiger partial charge in [0.25, 0.3) is 0 Å². The Balaban J connectivity index is 4.70. The average molecular weight is 218 g/mol. The molecule has 0 rings (SSSR count). The molecule has 0 radical (unpaired) electrons. The first-order chi connectivity index (χ1) is 7.06. The summed E-state index contributed by atoms with van der Waals surface area (Å²) in [6.07, 6.45) is 1.02. The number of ether oxygens (including phenoxy) is 2. The fourth-order valence-corrected chi connectivity index (χ4v) is 1.65. The average Bonchev–Trinajstić information content (AvgIpc) is 2.25. The van der Waals surface area contributed by atoms with Crippen molar-refractivity contribution in [1.29, 1.82) is 0 Å². The fourth-order valence-electron chi connectivity index (χ4n) is 1.65. The molecule has 90 valence electrons. The number of hydrogen-bond donors (Lipinski definition) is 1. The number of hydrogen-bond acceptors (Lipinski definition) is 4. The van der Waals surface area contributed by atoms with Gasteiger partial charge in [-0.15, -0.1) is 0 Å². The lowest BCUT2D eigenvalue weighted by Gasteiger charge is -2.32. The molecule has 2 atom stereocenters. The van der Waals surface area contributed by atoms with Gasteiger partial charge in [-0.1, -0.05) is 13.8 Å². The molecule has 0 fully saturated rings. The molecule has 1 N–H and O–H groups in total. The van der Waals surface area contributed by atoms with Crippen LogP contribution in [0.4, 0.5) is 0 Å². The summed E-state index contributed by atoms with van der Waals surface area (Å²) in [4.78, 5) is 11.6. The summed E-state index contributed by atoms with van der Waals surface area (Å²) in [5.41, 5.74) is -1.42. The monoisotopic (exact) mass is 218 g/mol. The zero-order valence-corrected chi connectivity index (χ0v) is 10.1. The van der Waals surface area contributed by atoms with Gasteiger partial charge in [0.2, 0.25) is 0 Å². The standard InChI is InChI=1S/C11H22O4/c1-5-9(8-14-4)11(13,6-2)10(12)15-7-3/h9,13H,5-8H2,1-4H3. The predicted octanol–water partition coefficient (Wildman–Crippen LogP) is 1.36. The summed E-state index contributed by atoms with van der Waals surface area (Å²) >= 11 is 0. The van der Waals surface area contributed by atoms with Gasteiger partial charge in [0, 0.05) is 13.0 Å². The third kappa shape index (κ3) is 3.47. The summed E-state index contributed by atoms with van der Waals surface area (Å²) in [7, 11) is 1.56. The van der Waals surface area contributed by atoms with Crippen LogP contribution in [-0.2, 0) is 14.3 Å². The number of aliphatic hydroxyl groups is 1. The summed E-state index contributed by atoms with van der Waals surface area (Å²) in [6.45, 7) is 6.06. The molecule has 0 saturated heterocycles. The van der Waals surface area contributed by atoms with Gasteiger partial charge < -0.3 is 14.6 Å². The molecule has 15 heavy (non-hydrogen) atoms. The van der Waals surface area contributed by atoms with Crippen LogP contribution in [0.15, 0.2) is 0 Å². The van der Waals surface area contributed by atoms with Crippen LogP contribution in [0.5, 0.6) is 0 Å². The van der Waals surface area contributed by atoms with E-state index in [1.807, 2.05) is 6.92 Å². The SMILES string of the molecule is CCOC(=O)C(O)(CC)C(CC)COC. The Morgan fingerprint density at radius 3 is 2.33 bits per heavy atom. The molecule has 0 heterocycles. The molecule has 0 aromatic rings. The van der Waals surface area contributed by atoms with E-state index in [9.17, 15) is 9.90 Å². The molecule has 4 heteroatoms. The quantitative estimate of drug-likeness (QED) is 0.656. The van der Waals surface area contributed by atoms with Gasteiger partial charge in [0.1, 0.15) is 0 Å². The number of methoxy groups -OCH3 is 1. The number of carbonyl (C=O) groups excluding carboxylic acids is 1. The van der Waals surface area contributed by atoms with E-state index in [2.05, 4.69) is 0 Å². The van der Waals surface area contributed by atoms with E-state index in [1.54, 1.807) is 21.0 Å². The highest BCUT2D eigenvalue weighted by atomic mass is 16.5. The van der Waals surface area contributed by atoms with E-state index in [-0.39, 0.29) is 12.5 Å². The van der Waals surface area contributed by atoms with Crippen LogP contribution in [0.1, 0.15) is 33.6 Å². The summed E-state index contributed by atoms with van der Waals surface area (Å²) in [5, 5.41) is 10.3. The molecule has 0 aliphatic carbocycles. The molecular formula is C11H22O4. The van der Waals surface area contributed by atoms with Crippen LogP contribution in [0, 0.1) is 5.92 Å². The highest BCUT2D eigenvalue weighted by Crippen LogP contribution is 2.26. The van der Waals surface area contributed by atoms with Gasteiger partial charge >= 0.3 is 5.97 Å². The van der Waals surface area contributed by atoms with E-state index in [0.717, 1.165) is 0 Å². The van der Waals surface area contributed by atoms with Gasteiger partial charge in [-0.05, 0) is 19.8 Å². The molecule has 0 aromatic carbocycles. The van der Waals surface area contributed by atoms with Gasteiger partial charge in [-0.3, -0.25) is 0 Å². The largest absolute Gasteiger partial charge is 0.464 e. The molecule has 0 aliphatic heterocycles. The maximum absolute atomic E-state index is 11.6. The van der Waals surface area contributed by atoms with Crippen molar-refractivity contribution in [3.05, 3.63) is 0 Å². The van der Waals surface area contributed by atoms with Crippen molar-refractivity contribution in [2.45, 2.75) is 39.2 Å². The highest BCUT2D eigenvalue weighted by Gasteiger charge is 2.42. The third-order valence-corrected chi connectivity index (χ3v) is 2.70. The topological polar surface area (TPSA) is 55.8 Å². The van der Waals surface area contributed by atoms with Crippen molar-refractivity contribution in [1.82, 2.24) is 0 Å². The van der Waals surface area contributed by atoms with E-state index in [0.29, 0.717) is 19.4 Å². The van der Waals surface area contributed by atoms with Crippen LogP contribution < -0.4 is 0 Å². The van der Waals surface area contributed by atoms with Crippen molar-refractivity contribution in [3.63, 3.8) is 0 Å². The van der Waals surface area contributed by atoms with E-state index < -0.39 is 11.6 Å². The van der Waals surface area contributed by atoms with Gasteiger partial charge in [-0.2, -0.15) is 0 Å². The van der Waals surface area contributed by atoms with Crippen LogP contribution in [0.2, 0.25) is 0 Å². The Morgan fingerprint density at radius 2 is 2.00 bits per heavy atom. The van der Waals surface area contributed by atoms with Crippen LogP contribution in [0.3, 0.4) is 0 Å². The summed E-state index contributed by atoms with van der Waals surface area (Å²) in [5.74, 6) is -0.761. The third-order valence-electron chi connectivity index (χ3n) is 2.70. The lowest BCUT2D eigenvalue weighted by Crippen LogP contribution is -2.48. The van der Waals surface area contributed by atoms with Crippen LogP contribution in [0.25, 0.3) is 0 Å². The molecule has 0 aliphatic rings. The molecular weight excluding hydrogens is 196 g/mol. The van der Waals surface area contributed by atoms with E-state index in [4.69, 9.17) is 9.47 Å². The summed E-state index contributed by atoms with van der Waals surface area (Å²) < 4.78 is 9.89. The molecule has 4 nitrogen and oxygen atoms in total. The minimum Gasteiger partial charge on any atom is -0.464 e. The Hall–Kier alpha value is -0.610. The van der Waals surface area contributed by atoms with E-state index >= 15 is 0 Å². The number of esters is 1. The Bertz CT molecular complexity index is 193. The Labute approximate surface area is 91.6 Å². The van der Waals surface area contributed by atoms with Crippen molar-refractivity contribution in [3.8, 4) is 0 Å².